The quantitative estimate of drug-likeness (QED) is 0.264. The summed E-state index contributed by atoms with van der Waals surface area (Å²) in [4.78, 5) is 36.8. The smallest absolute Gasteiger partial charge is 0.317 e. The number of hydrogen-bond donors (Lipinski definition) is 2. The largest absolute Gasteiger partial charge is 0.355 e. The molecule has 2 N–H and O–H groups in total. The zero-order valence-electron chi connectivity index (χ0n) is 17.4. The van der Waals surface area contributed by atoms with Crippen LogP contribution in [0.2, 0.25) is 5.15 Å². The topological polar surface area (TPSA) is 90.5 Å². The number of nitrogens with zero attached hydrogens (tertiary/aromatic N) is 4. The van der Waals surface area contributed by atoms with Gasteiger partial charge < -0.3 is 20.4 Å². The molecule has 3 amide bonds. The Labute approximate surface area is 182 Å². The molecule has 2 heterocycles. The molecule has 2 rings (SSSR count). The number of rotatable bonds is 9. The number of carbonyl (C=O) groups is 2. The summed E-state index contributed by atoms with van der Waals surface area (Å²) in [7, 11) is 0. The summed E-state index contributed by atoms with van der Waals surface area (Å²) < 4.78 is 0. The summed E-state index contributed by atoms with van der Waals surface area (Å²) in [6, 6.07) is 1.74. The Kier molecular flexibility index (Phi) is 9.80. The van der Waals surface area contributed by atoms with Crippen molar-refractivity contribution in [1.82, 2.24) is 25.5 Å². The monoisotopic (exact) mass is 442 g/mol. The van der Waals surface area contributed by atoms with Gasteiger partial charge in [-0.2, -0.15) is 0 Å². The summed E-state index contributed by atoms with van der Waals surface area (Å²) >= 11 is 7.47. The predicted molar refractivity (Wildman–Crippen MR) is 118 cm³/mol. The van der Waals surface area contributed by atoms with Crippen LogP contribution in [-0.2, 0) is 4.79 Å². The number of anilines is 1. The molecule has 0 aromatic carbocycles. The number of piperazine rings is 1. The first-order chi connectivity index (χ1) is 13.9. The Bertz CT molecular complexity index is 693. The lowest BCUT2D eigenvalue weighted by molar-refractivity contribution is -0.118. The molecule has 1 aliphatic rings. The third-order valence-corrected chi connectivity index (χ3v) is 5.68. The number of hydrogen-bond acceptors (Lipinski definition) is 6. The third-order valence-electron chi connectivity index (χ3n) is 4.64. The van der Waals surface area contributed by atoms with Crippen molar-refractivity contribution in [3.05, 3.63) is 11.2 Å². The summed E-state index contributed by atoms with van der Waals surface area (Å²) in [5.74, 6) is 0.950. The van der Waals surface area contributed by atoms with Gasteiger partial charge in [0.05, 0.1) is 5.75 Å². The molecule has 0 spiro atoms. The Morgan fingerprint density at radius 3 is 2.72 bits per heavy atom. The lowest BCUT2D eigenvalue weighted by Crippen LogP contribution is -2.56. The van der Waals surface area contributed by atoms with Crippen LogP contribution in [0.25, 0.3) is 0 Å². The molecule has 29 heavy (non-hydrogen) atoms. The average Bonchev–Trinajstić information content (AvgIpc) is 2.69. The number of urea groups is 1. The van der Waals surface area contributed by atoms with Crippen molar-refractivity contribution in [3.63, 3.8) is 0 Å². The number of unbranched alkanes of at least 4 members (excludes halogenated alkanes) is 2. The Balaban J connectivity index is 1.92. The van der Waals surface area contributed by atoms with Crippen LogP contribution in [0.1, 0.15) is 40.0 Å². The summed E-state index contributed by atoms with van der Waals surface area (Å²) in [5, 5.41) is 6.59. The van der Waals surface area contributed by atoms with E-state index >= 15 is 0 Å². The maximum absolute atomic E-state index is 12.1. The van der Waals surface area contributed by atoms with E-state index in [1.54, 1.807) is 6.07 Å². The Morgan fingerprint density at radius 1 is 1.24 bits per heavy atom. The minimum absolute atomic E-state index is 0.0274. The van der Waals surface area contributed by atoms with Gasteiger partial charge in [-0.05, 0) is 20.3 Å². The van der Waals surface area contributed by atoms with Crippen molar-refractivity contribution in [2.75, 3.05) is 43.4 Å². The summed E-state index contributed by atoms with van der Waals surface area (Å²) in [5.41, 5.74) is 0. The van der Waals surface area contributed by atoms with E-state index in [9.17, 15) is 9.59 Å². The van der Waals surface area contributed by atoms with Crippen molar-refractivity contribution < 1.29 is 9.59 Å². The van der Waals surface area contributed by atoms with Gasteiger partial charge >= 0.3 is 6.03 Å². The summed E-state index contributed by atoms with van der Waals surface area (Å²) in [6.45, 7) is 9.30. The molecule has 0 radical (unpaired) electrons. The van der Waals surface area contributed by atoms with Crippen LogP contribution >= 0.6 is 23.4 Å². The fourth-order valence-corrected chi connectivity index (χ4v) is 4.03. The van der Waals surface area contributed by atoms with Gasteiger partial charge in [0.15, 0.2) is 5.16 Å². The van der Waals surface area contributed by atoms with E-state index < -0.39 is 0 Å². The van der Waals surface area contributed by atoms with E-state index in [1.165, 1.54) is 11.8 Å². The molecule has 10 heteroatoms. The van der Waals surface area contributed by atoms with Gasteiger partial charge in [0.1, 0.15) is 11.0 Å². The second-order valence-electron chi connectivity index (χ2n) is 7.00. The number of carbonyl (C=O) groups excluding carboxylic acids is 2. The number of amides is 3. The van der Waals surface area contributed by atoms with Crippen LogP contribution < -0.4 is 15.5 Å². The Morgan fingerprint density at radius 2 is 2.03 bits per heavy atom. The van der Waals surface area contributed by atoms with Crippen LogP contribution in [0.5, 0.6) is 0 Å². The van der Waals surface area contributed by atoms with Crippen molar-refractivity contribution in [3.8, 4) is 0 Å². The maximum atomic E-state index is 12.1. The predicted octanol–water partition coefficient (Wildman–Crippen LogP) is 2.77. The first-order valence-corrected chi connectivity index (χ1v) is 11.5. The van der Waals surface area contributed by atoms with E-state index in [4.69, 9.17) is 11.6 Å². The van der Waals surface area contributed by atoms with Gasteiger partial charge in [-0.3, -0.25) is 4.79 Å². The van der Waals surface area contributed by atoms with Crippen molar-refractivity contribution in [2.24, 2.45) is 0 Å². The summed E-state index contributed by atoms with van der Waals surface area (Å²) in [6.07, 6.45) is 3.23. The van der Waals surface area contributed by atoms with Gasteiger partial charge in [0.25, 0.3) is 0 Å². The lowest BCUT2D eigenvalue weighted by Gasteiger charge is -2.40. The number of halogens is 1. The van der Waals surface area contributed by atoms with Crippen molar-refractivity contribution in [1.29, 1.82) is 0 Å². The second kappa shape index (κ2) is 12.1. The van der Waals surface area contributed by atoms with E-state index in [-0.39, 0.29) is 23.7 Å². The van der Waals surface area contributed by atoms with Gasteiger partial charge in [-0.1, -0.05) is 43.1 Å². The molecule has 1 aromatic rings. The molecule has 1 atom stereocenters. The lowest BCUT2D eigenvalue weighted by atomic mass is 10.2. The molecule has 0 saturated carbocycles. The van der Waals surface area contributed by atoms with Crippen LogP contribution in [0.4, 0.5) is 10.6 Å². The second-order valence-corrected chi connectivity index (χ2v) is 8.33. The van der Waals surface area contributed by atoms with Crippen molar-refractivity contribution >= 4 is 41.1 Å². The maximum Gasteiger partial charge on any atom is 0.317 e. The SMILES string of the molecule is CCCCCNC(=O)CSc1nc(Cl)cc(N2CCN(C(=O)NCC)C(C)C2)n1. The fourth-order valence-electron chi connectivity index (χ4n) is 3.12. The molecule has 1 aliphatic heterocycles. The third kappa shape index (κ3) is 7.54. The minimum atomic E-state index is -0.0402. The van der Waals surface area contributed by atoms with Gasteiger partial charge in [0, 0.05) is 44.8 Å². The zero-order chi connectivity index (χ0) is 21.2. The highest BCUT2D eigenvalue weighted by Crippen LogP contribution is 2.24. The van der Waals surface area contributed by atoms with E-state index in [0.29, 0.717) is 43.0 Å². The van der Waals surface area contributed by atoms with Gasteiger partial charge in [-0.25, -0.2) is 14.8 Å². The standard InChI is InChI=1S/C19H31ClN6O2S/c1-4-6-7-8-22-17(27)13-29-18-23-15(20)11-16(24-18)25-9-10-26(14(3)12-25)19(28)21-5-2/h11,14H,4-10,12-13H2,1-3H3,(H,21,28)(H,22,27). The fraction of sp³-hybridized carbons (Fsp3) is 0.684. The first kappa shape index (κ1) is 23.5. The van der Waals surface area contributed by atoms with E-state index in [2.05, 4.69) is 32.4 Å². The van der Waals surface area contributed by atoms with E-state index in [0.717, 1.165) is 25.1 Å². The number of aromatic nitrogens is 2. The highest BCUT2D eigenvalue weighted by atomic mass is 35.5. The normalized spacial score (nSPS) is 16.6. The van der Waals surface area contributed by atoms with Gasteiger partial charge in [0.2, 0.25) is 5.91 Å². The molecular formula is C19H31ClN6O2S. The molecule has 0 aliphatic carbocycles. The van der Waals surface area contributed by atoms with Crippen LogP contribution in [0.15, 0.2) is 11.2 Å². The highest BCUT2D eigenvalue weighted by Gasteiger charge is 2.28. The zero-order valence-corrected chi connectivity index (χ0v) is 19.0. The van der Waals surface area contributed by atoms with E-state index in [1.807, 2.05) is 18.7 Å². The van der Waals surface area contributed by atoms with Crippen LogP contribution in [0, 0.1) is 0 Å². The Hall–Kier alpha value is -1.74. The number of thioether (sulfide) groups is 1. The molecular weight excluding hydrogens is 412 g/mol. The van der Waals surface area contributed by atoms with Crippen molar-refractivity contribution in [2.45, 2.75) is 51.2 Å². The number of nitrogens with one attached hydrogen (secondary N) is 2. The average molecular weight is 443 g/mol. The highest BCUT2D eigenvalue weighted by molar-refractivity contribution is 7.99. The molecule has 1 aromatic heterocycles. The molecule has 1 fully saturated rings. The molecule has 162 valence electrons. The minimum Gasteiger partial charge on any atom is -0.355 e. The molecule has 0 bridgehead atoms. The van der Waals surface area contributed by atoms with Crippen LogP contribution in [0.3, 0.4) is 0 Å². The molecule has 1 unspecified atom stereocenters. The first-order valence-electron chi connectivity index (χ1n) is 10.2. The molecule has 8 nitrogen and oxygen atoms in total. The molecule has 1 saturated heterocycles. The van der Waals surface area contributed by atoms with Gasteiger partial charge in [-0.15, -0.1) is 0 Å². The van der Waals surface area contributed by atoms with Crippen LogP contribution in [-0.4, -0.2) is 71.3 Å².